The highest BCUT2D eigenvalue weighted by Gasteiger charge is 2.31. The largest absolute Gasteiger partial charge is 0.416 e. The molecular weight excluding hydrogens is 374 g/mol. The molecule has 1 aromatic carbocycles. The Kier molecular flexibility index (Phi) is 5.38. The summed E-state index contributed by atoms with van der Waals surface area (Å²) in [5.41, 5.74) is -1.28. The van der Waals surface area contributed by atoms with Gasteiger partial charge in [0.1, 0.15) is 0 Å². The third-order valence-electron chi connectivity index (χ3n) is 2.66. The average molecular weight is 382 g/mol. The third-order valence-corrected chi connectivity index (χ3v) is 3.83. The number of nitrogens with zero attached hydrogens (tertiary/aromatic N) is 2. The van der Waals surface area contributed by atoms with Crippen molar-refractivity contribution in [3.63, 3.8) is 0 Å². The zero-order valence-corrected chi connectivity index (χ0v) is 13.7. The van der Waals surface area contributed by atoms with Gasteiger partial charge in [0.15, 0.2) is 10.9 Å². The lowest BCUT2D eigenvalue weighted by molar-refractivity contribution is -0.137. The first-order valence-electron chi connectivity index (χ1n) is 5.97. The number of alkyl halides is 3. The van der Waals surface area contributed by atoms with E-state index in [0.29, 0.717) is 5.16 Å². The van der Waals surface area contributed by atoms with Crippen molar-refractivity contribution in [2.24, 2.45) is 0 Å². The minimum atomic E-state index is -4.55. The SMILES string of the molecule is CSc1ncc(Cl)c(C(=O)Nc2cc(C(F)(F)F)ccc2Cl)n1. The summed E-state index contributed by atoms with van der Waals surface area (Å²) in [5, 5.41) is 2.51. The van der Waals surface area contributed by atoms with Gasteiger partial charge in [0.25, 0.3) is 5.91 Å². The third kappa shape index (κ3) is 4.27. The van der Waals surface area contributed by atoms with Gasteiger partial charge in [-0.1, -0.05) is 35.0 Å². The van der Waals surface area contributed by atoms with E-state index in [4.69, 9.17) is 23.2 Å². The Morgan fingerprint density at radius 1 is 1.26 bits per heavy atom. The van der Waals surface area contributed by atoms with Gasteiger partial charge in [-0.2, -0.15) is 13.2 Å². The van der Waals surface area contributed by atoms with Crippen LogP contribution in [0.15, 0.2) is 29.6 Å². The molecule has 0 aliphatic carbocycles. The number of benzene rings is 1. The Labute approximate surface area is 143 Å². The standard InChI is InChI=1S/C13H8Cl2F3N3OS/c1-23-12-19-5-8(15)10(21-12)11(22)20-9-4-6(13(16,17)18)2-3-7(9)14/h2-5H,1H3,(H,20,22). The molecule has 0 spiro atoms. The molecule has 1 heterocycles. The lowest BCUT2D eigenvalue weighted by Crippen LogP contribution is -2.16. The first-order valence-corrected chi connectivity index (χ1v) is 7.95. The van der Waals surface area contributed by atoms with Gasteiger partial charge in [-0.25, -0.2) is 9.97 Å². The Morgan fingerprint density at radius 3 is 2.57 bits per heavy atom. The van der Waals surface area contributed by atoms with E-state index in [1.54, 1.807) is 6.26 Å². The molecule has 0 unspecified atom stereocenters. The molecule has 2 rings (SSSR count). The second kappa shape index (κ2) is 6.94. The normalized spacial score (nSPS) is 11.4. The number of amides is 1. The maximum atomic E-state index is 12.7. The van der Waals surface area contributed by atoms with Crippen molar-refractivity contribution >= 4 is 46.6 Å². The Morgan fingerprint density at radius 2 is 1.96 bits per heavy atom. The molecular formula is C13H8Cl2F3N3OS. The van der Waals surface area contributed by atoms with Crippen LogP contribution in [0, 0.1) is 0 Å². The van der Waals surface area contributed by atoms with E-state index in [0.717, 1.165) is 18.2 Å². The average Bonchev–Trinajstić information content (AvgIpc) is 2.48. The van der Waals surface area contributed by atoms with Crippen molar-refractivity contribution in [1.29, 1.82) is 0 Å². The smallest absolute Gasteiger partial charge is 0.319 e. The number of anilines is 1. The van der Waals surface area contributed by atoms with Gasteiger partial charge in [0.2, 0.25) is 0 Å². The van der Waals surface area contributed by atoms with Crippen molar-refractivity contribution in [3.05, 3.63) is 45.7 Å². The molecule has 1 amide bonds. The fraction of sp³-hybridized carbons (Fsp3) is 0.154. The lowest BCUT2D eigenvalue weighted by atomic mass is 10.2. The van der Waals surface area contributed by atoms with E-state index in [1.807, 2.05) is 0 Å². The molecule has 0 saturated heterocycles. The van der Waals surface area contributed by atoms with Crippen LogP contribution in [-0.4, -0.2) is 22.1 Å². The zero-order valence-electron chi connectivity index (χ0n) is 11.4. The van der Waals surface area contributed by atoms with Crippen LogP contribution in [0.2, 0.25) is 10.0 Å². The highest BCUT2D eigenvalue weighted by atomic mass is 35.5. The van der Waals surface area contributed by atoms with Gasteiger partial charge >= 0.3 is 6.18 Å². The molecule has 0 radical (unpaired) electrons. The minimum absolute atomic E-state index is 0.0246. The molecule has 10 heteroatoms. The van der Waals surface area contributed by atoms with Gasteiger partial charge in [-0.15, -0.1) is 0 Å². The van der Waals surface area contributed by atoms with Gasteiger partial charge in [0.05, 0.1) is 27.5 Å². The molecule has 1 N–H and O–H groups in total. The second-order valence-corrected chi connectivity index (χ2v) is 5.79. The van der Waals surface area contributed by atoms with Crippen LogP contribution in [0.1, 0.15) is 16.1 Å². The Balaban J connectivity index is 2.34. The second-order valence-electron chi connectivity index (χ2n) is 4.20. The summed E-state index contributed by atoms with van der Waals surface area (Å²) < 4.78 is 38.2. The number of nitrogens with one attached hydrogen (secondary N) is 1. The van der Waals surface area contributed by atoms with Crippen LogP contribution < -0.4 is 5.32 Å². The summed E-state index contributed by atoms with van der Waals surface area (Å²) in [6.07, 6.45) is -1.61. The molecule has 0 bridgehead atoms. The monoisotopic (exact) mass is 381 g/mol. The van der Waals surface area contributed by atoms with Crippen LogP contribution in [0.3, 0.4) is 0 Å². The summed E-state index contributed by atoms with van der Waals surface area (Å²) >= 11 is 12.9. The van der Waals surface area contributed by atoms with Crippen molar-refractivity contribution < 1.29 is 18.0 Å². The van der Waals surface area contributed by atoms with Crippen molar-refractivity contribution in [2.45, 2.75) is 11.3 Å². The number of hydrogen-bond acceptors (Lipinski definition) is 4. The molecule has 0 aliphatic rings. The summed E-state index contributed by atoms with van der Waals surface area (Å²) in [6, 6.07) is 2.61. The fourth-order valence-corrected chi connectivity index (χ4v) is 2.27. The highest BCUT2D eigenvalue weighted by molar-refractivity contribution is 7.98. The number of carbonyl (C=O) groups is 1. The van der Waals surface area contributed by atoms with E-state index in [-0.39, 0.29) is 21.4 Å². The summed E-state index contributed by atoms with van der Waals surface area (Å²) in [5.74, 6) is -0.783. The maximum absolute atomic E-state index is 12.7. The Bertz CT molecular complexity index is 756. The van der Waals surface area contributed by atoms with Crippen LogP contribution >= 0.6 is 35.0 Å². The maximum Gasteiger partial charge on any atom is 0.416 e. The minimum Gasteiger partial charge on any atom is -0.319 e. The number of aromatic nitrogens is 2. The van der Waals surface area contributed by atoms with Gasteiger partial charge < -0.3 is 5.32 Å². The number of halogens is 5. The van der Waals surface area contributed by atoms with E-state index in [9.17, 15) is 18.0 Å². The topological polar surface area (TPSA) is 54.9 Å². The van der Waals surface area contributed by atoms with Crippen LogP contribution in [0.25, 0.3) is 0 Å². The van der Waals surface area contributed by atoms with Crippen LogP contribution in [-0.2, 0) is 6.18 Å². The van der Waals surface area contributed by atoms with Gasteiger partial charge in [0, 0.05) is 0 Å². The van der Waals surface area contributed by atoms with Crippen LogP contribution in [0.5, 0.6) is 0 Å². The highest BCUT2D eigenvalue weighted by Crippen LogP contribution is 2.34. The van der Waals surface area contributed by atoms with E-state index in [1.165, 1.54) is 18.0 Å². The molecule has 2 aromatic rings. The van der Waals surface area contributed by atoms with Gasteiger partial charge in [-0.3, -0.25) is 4.79 Å². The fourth-order valence-electron chi connectivity index (χ4n) is 1.59. The first kappa shape index (κ1) is 17.8. The van der Waals surface area contributed by atoms with Gasteiger partial charge in [-0.05, 0) is 24.5 Å². The van der Waals surface area contributed by atoms with E-state index in [2.05, 4.69) is 15.3 Å². The molecule has 0 aliphatic heterocycles. The Hall–Kier alpha value is -1.51. The number of hydrogen-bond donors (Lipinski definition) is 1. The molecule has 23 heavy (non-hydrogen) atoms. The molecule has 0 saturated carbocycles. The molecule has 0 fully saturated rings. The van der Waals surface area contributed by atoms with Crippen molar-refractivity contribution in [1.82, 2.24) is 9.97 Å². The number of carbonyl (C=O) groups excluding carboxylic acids is 1. The molecule has 1 aromatic heterocycles. The summed E-state index contributed by atoms with van der Waals surface area (Å²) in [7, 11) is 0. The predicted molar refractivity (Wildman–Crippen MR) is 83.2 cm³/mol. The molecule has 4 nitrogen and oxygen atoms in total. The lowest BCUT2D eigenvalue weighted by Gasteiger charge is -2.12. The van der Waals surface area contributed by atoms with Crippen LogP contribution in [0.4, 0.5) is 18.9 Å². The zero-order chi connectivity index (χ0) is 17.2. The first-order chi connectivity index (χ1) is 10.7. The summed E-state index contributed by atoms with van der Waals surface area (Å²) in [6.45, 7) is 0. The number of rotatable bonds is 3. The van der Waals surface area contributed by atoms with Crippen molar-refractivity contribution in [2.75, 3.05) is 11.6 Å². The van der Waals surface area contributed by atoms with E-state index < -0.39 is 17.6 Å². The summed E-state index contributed by atoms with van der Waals surface area (Å²) in [4.78, 5) is 20.0. The molecule has 0 atom stereocenters. The van der Waals surface area contributed by atoms with E-state index >= 15 is 0 Å². The molecule has 122 valence electrons. The number of thioether (sulfide) groups is 1. The predicted octanol–water partition coefficient (Wildman–Crippen LogP) is 4.78. The quantitative estimate of drug-likeness (QED) is 0.614. The van der Waals surface area contributed by atoms with Crippen molar-refractivity contribution in [3.8, 4) is 0 Å².